The molecule has 32 heavy (non-hydrogen) atoms. The number of carbonyl (C=O) groups excluding carboxylic acids is 1. The van der Waals surface area contributed by atoms with E-state index < -0.39 is 5.25 Å². The van der Waals surface area contributed by atoms with Crippen LogP contribution in [0.3, 0.4) is 0 Å². The van der Waals surface area contributed by atoms with Crippen LogP contribution in [0.25, 0.3) is 10.9 Å². The van der Waals surface area contributed by atoms with E-state index in [1.807, 2.05) is 48.7 Å². The third-order valence-electron chi connectivity index (χ3n) is 5.91. The number of Topliss-reactive ketones (excluding diaryl/α,β-unsaturated/α-hetero) is 1. The highest BCUT2D eigenvalue weighted by molar-refractivity contribution is 8.00. The minimum Gasteiger partial charge on any atom is -0.376 e. The summed E-state index contributed by atoms with van der Waals surface area (Å²) in [7, 11) is 0. The van der Waals surface area contributed by atoms with E-state index in [4.69, 9.17) is 4.74 Å². The maximum absolute atomic E-state index is 13.9. The summed E-state index contributed by atoms with van der Waals surface area (Å²) in [4.78, 5) is 17.2. The SMILES string of the molecule is CCc1cccc2c(C(=O)[C@H](Sc3nnnn3C[C@H]3CCCO3)c3ccccc3)c[nH]c12. The molecule has 1 fully saturated rings. The van der Waals surface area contributed by atoms with E-state index in [0.717, 1.165) is 42.3 Å². The zero-order valence-electron chi connectivity index (χ0n) is 17.9. The van der Waals surface area contributed by atoms with Crippen molar-refractivity contribution in [1.82, 2.24) is 25.2 Å². The summed E-state index contributed by atoms with van der Waals surface area (Å²) in [6.45, 7) is 3.49. The number of nitrogens with zero attached hydrogens (tertiary/aromatic N) is 4. The fourth-order valence-corrected chi connectivity index (χ4v) is 5.29. The quantitative estimate of drug-likeness (QED) is 0.314. The Morgan fingerprint density at radius 3 is 2.91 bits per heavy atom. The van der Waals surface area contributed by atoms with Gasteiger partial charge in [0.2, 0.25) is 5.16 Å². The molecule has 2 atom stereocenters. The van der Waals surface area contributed by atoms with Crippen LogP contribution in [0.1, 0.15) is 46.5 Å². The van der Waals surface area contributed by atoms with E-state index >= 15 is 0 Å². The van der Waals surface area contributed by atoms with Crippen molar-refractivity contribution in [3.05, 3.63) is 71.4 Å². The van der Waals surface area contributed by atoms with Crippen LogP contribution in [-0.4, -0.2) is 43.7 Å². The van der Waals surface area contributed by atoms with Crippen molar-refractivity contribution < 1.29 is 9.53 Å². The molecule has 1 saturated heterocycles. The van der Waals surface area contributed by atoms with Gasteiger partial charge in [-0.25, -0.2) is 4.68 Å². The molecule has 0 amide bonds. The van der Waals surface area contributed by atoms with Gasteiger partial charge >= 0.3 is 0 Å². The average Bonchev–Trinajstić information content (AvgIpc) is 3.59. The number of fused-ring (bicyclic) bond motifs is 1. The van der Waals surface area contributed by atoms with Gasteiger partial charge in [-0.1, -0.05) is 67.2 Å². The lowest BCUT2D eigenvalue weighted by molar-refractivity contribution is 0.0911. The number of hydrogen-bond donors (Lipinski definition) is 1. The topological polar surface area (TPSA) is 85.7 Å². The third-order valence-corrected chi connectivity index (χ3v) is 7.14. The maximum Gasteiger partial charge on any atom is 0.210 e. The first-order chi connectivity index (χ1) is 15.7. The standard InChI is InChI=1S/C24H25N5O2S/c1-2-16-10-6-12-19-20(14-25-21(16)19)22(30)23(17-8-4-3-5-9-17)32-24-26-27-28-29(24)15-18-11-7-13-31-18/h3-6,8-10,12,14,18,23,25H,2,7,11,13,15H2,1H3/t18-,23-/m1/s1. The molecule has 3 heterocycles. The van der Waals surface area contributed by atoms with Gasteiger partial charge < -0.3 is 9.72 Å². The van der Waals surface area contributed by atoms with E-state index in [2.05, 4.69) is 33.5 Å². The Balaban J connectivity index is 1.49. The van der Waals surface area contributed by atoms with Crippen LogP contribution in [0.5, 0.6) is 0 Å². The lowest BCUT2D eigenvalue weighted by atomic mass is 10.0. The van der Waals surface area contributed by atoms with Crippen molar-refractivity contribution in [3.63, 3.8) is 0 Å². The Morgan fingerprint density at radius 1 is 1.25 bits per heavy atom. The van der Waals surface area contributed by atoms with Crippen molar-refractivity contribution in [1.29, 1.82) is 0 Å². The molecule has 0 aliphatic carbocycles. The third kappa shape index (κ3) is 4.08. The van der Waals surface area contributed by atoms with Gasteiger partial charge in [0, 0.05) is 29.3 Å². The molecule has 8 heteroatoms. The lowest BCUT2D eigenvalue weighted by Gasteiger charge is -2.16. The monoisotopic (exact) mass is 447 g/mol. The second-order valence-electron chi connectivity index (χ2n) is 7.95. The number of nitrogens with one attached hydrogen (secondary N) is 1. The van der Waals surface area contributed by atoms with E-state index in [0.29, 0.717) is 17.3 Å². The Morgan fingerprint density at radius 2 is 2.12 bits per heavy atom. The molecule has 0 spiro atoms. The number of tetrazole rings is 1. The molecule has 5 rings (SSSR count). The normalized spacial score (nSPS) is 17.1. The number of aryl methyl sites for hydroxylation is 1. The number of H-pyrrole nitrogens is 1. The molecule has 0 unspecified atom stereocenters. The molecule has 0 saturated carbocycles. The predicted molar refractivity (Wildman–Crippen MR) is 124 cm³/mol. The second-order valence-corrected chi connectivity index (χ2v) is 9.02. The zero-order chi connectivity index (χ0) is 21.9. The minimum atomic E-state index is -0.463. The highest BCUT2D eigenvalue weighted by Gasteiger charge is 2.29. The summed E-state index contributed by atoms with van der Waals surface area (Å²) in [5.74, 6) is 0.0346. The number of rotatable bonds is 8. The summed E-state index contributed by atoms with van der Waals surface area (Å²) >= 11 is 1.39. The number of aromatic amines is 1. The number of para-hydroxylation sites is 1. The van der Waals surface area contributed by atoms with Crippen molar-refractivity contribution in [2.75, 3.05) is 6.61 Å². The summed E-state index contributed by atoms with van der Waals surface area (Å²) in [5.41, 5.74) is 3.84. The first-order valence-corrected chi connectivity index (χ1v) is 11.8. The highest BCUT2D eigenvalue weighted by Crippen LogP contribution is 2.38. The fraction of sp³-hybridized carbons (Fsp3) is 0.333. The number of thioether (sulfide) groups is 1. The van der Waals surface area contributed by atoms with Crippen LogP contribution in [-0.2, 0) is 17.7 Å². The van der Waals surface area contributed by atoms with E-state index in [1.54, 1.807) is 4.68 Å². The van der Waals surface area contributed by atoms with Gasteiger partial charge in [0.1, 0.15) is 5.25 Å². The molecule has 1 aliphatic heterocycles. The summed E-state index contributed by atoms with van der Waals surface area (Å²) in [6, 6.07) is 15.9. The Kier molecular flexibility index (Phi) is 6.05. The molecule has 1 N–H and O–H groups in total. The van der Waals surface area contributed by atoms with Crippen LogP contribution in [0.2, 0.25) is 0 Å². The lowest BCUT2D eigenvalue weighted by Crippen LogP contribution is -2.18. The number of ketones is 1. The van der Waals surface area contributed by atoms with Crippen molar-refractivity contribution >= 4 is 28.4 Å². The smallest absolute Gasteiger partial charge is 0.210 e. The highest BCUT2D eigenvalue weighted by atomic mass is 32.2. The van der Waals surface area contributed by atoms with Crippen molar-refractivity contribution in [2.45, 2.75) is 49.2 Å². The molecule has 2 aromatic carbocycles. The molecule has 7 nitrogen and oxygen atoms in total. The van der Waals surface area contributed by atoms with Gasteiger partial charge in [0.25, 0.3) is 0 Å². The first kappa shape index (κ1) is 20.9. The molecule has 0 radical (unpaired) electrons. The van der Waals surface area contributed by atoms with E-state index in [1.165, 1.54) is 17.3 Å². The zero-order valence-corrected chi connectivity index (χ0v) is 18.7. The van der Waals surface area contributed by atoms with Gasteiger partial charge in [-0.15, -0.1) is 5.10 Å². The number of hydrogen-bond acceptors (Lipinski definition) is 6. The number of carbonyl (C=O) groups is 1. The number of ether oxygens (including phenoxy) is 1. The van der Waals surface area contributed by atoms with Crippen molar-refractivity contribution in [2.24, 2.45) is 0 Å². The van der Waals surface area contributed by atoms with Crippen LogP contribution in [0.15, 0.2) is 59.9 Å². The Labute approximate surface area is 190 Å². The van der Waals surface area contributed by atoms with Crippen LogP contribution in [0, 0.1) is 0 Å². The molecular weight excluding hydrogens is 422 g/mol. The first-order valence-electron chi connectivity index (χ1n) is 11.0. The maximum atomic E-state index is 13.9. The average molecular weight is 448 g/mol. The van der Waals surface area contributed by atoms with Crippen molar-refractivity contribution in [3.8, 4) is 0 Å². The molecule has 4 aromatic rings. The van der Waals surface area contributed by atoms with Gasteiger partial charge in [-0.05, 0) is 40.8 Å². The summed E-state index contributed by atoms with van der Waals surface area (Å²) in [5, 5.41) is 13.4. The molecule has 0 bridgehead atoms. The van der Waals surface area contributed by atoms with Gasteiger partial charge in [0.15, 0.2) is 5.78 Å². The van der Waals surface area contributed by atoms with Crippen LogP contribution in [0.4, 0.5) is 0 Å². The fourth-order valence-electron chi connectivity index (χ4n) is 4.24. The van der Waals surface area contributed by atoms with E-state index in [9.17, 15) is 4.79 Å². The second kappa shape index (κ2) is 9.26. The molecule has 1 aliphatic rings. The van der Waals surface area contributed by atoms with Crippen LogP contribution < -0.4 is 0 Å². The molecular formula is C24H25N5O2S. The Bertz CT molecular complexity index is 1210. The van der Waals surface area contributed by atoms with Gasteiger partial charge in [-0.3, -0.25) is 4.79 Å². The summed E-state index contributed by atoms with van der Waals surface area (Å²) in [6.07, 6.45) is 4.91. The molecule has 164 valence electrons. The number of benzene rings is 2. The summed E-state index contributed by atoms with van der Waals surface area (Å²) < 4.78 is 7.51. The number of aromatic nitrogens is 5. The minimum absolute atomic E-state index is 0.0346. The predicted octanol–water partition coefficient (Wildman–Crippen LogP) is 4.61. The van der Waals surface area contributed by atoms with Gasteiger partial charge in [-0.2, -0.15) is 0 Å². The van der Waals surface area contributed by atoms with E-state index in [-0.39, 0.29) is 11.9 Å². The Hall–Kier alpha value is -2.97. The largest absolute Gasteiger partial charge is 0.376 e. The van der Waals surface area contributed by atoms with Gasteiger partial charge in [0.05, 0.1) is 12.6 Å². The van der Waals surface area contributed by atoms with Crippen LogP contribution >= 0.6 is 11.8 Å². The molecule has 2 aromatic heterocycles.